The number of aliphatic carboxylic acids is 1. The molecule has 0 saturated carbocycles. The van der Waals surface area contributed by atoms with Crippen LogP contribution >= 0.6 is 0 Å². The lowest BCUT2D eigenvalue weighted by atomic mass is 9.99. The molecule has 1 aliphatic rings. The van der Waals surface area contributed by atoms with E-state index in [2.05, 4.69) is 17.0 Å². The molecule has 1 N–H and O–H groups in total. The second-order valence-electron chi connectivity index (χ2n) is 5.23. The molecule has 2 unspecified atom stereocenters. The van der Waals surface area contributed by atoms with Crippen LogP contribution < -0.4 is 0 Å². The van der Waals surface area contributed by atoms with E-state index in [0.717, 1.165) is 13.1 Å². The van der Waals surface area contributed by atoms with E-state index in [9.17, 15) is 4.79 Å². The molecule has 2 rings (SSSR count). The molecule has 2 radical (unpaired) electrons. The third-order valence-corrected chi connectivity index (χ3v) is 3.58. The Morgan fingerprint density at radius 3 is 2.68 bits per heavy atom. The zero-order valence-corrected chi connectivity index (χ0v) is 11.2. The number of hydrogen-bond donors (Lipinski definition) is 1. The number of carbonyl (C=O) groups is 1. The van der Waals surface area contributed by atoms with E-state index < -0.39 is 5.97 Å². The van der Waals surface area contributed by atoms with Gasteiger partial charge < -0.3 is 9.92 Å². The molecule has 1 aliphatic heterocycles. The zero-order chi connectivity index (χ0) is 13.8. The van der Waals surface area contributed by atoms with Crippen molar-refractivity contribution in [2.75, 3.05) is 13.1 Å². The van der Waals surface area contributed by atoms with E-state index in [-0.39, 0.29) is 18.5 Å². The lowest BCUT2D eigenvalue weighted by Gasteiger charge is -2.44. The van der Waals surface area contributed by atoms with Gasteiger partial charge in [0.05, 0.1) is 6.42 Å². The normalized spacial score (nSPS) is 25.3. The van der Waals surface area contributed by atoms with Crippen LogP contribution in [0.5, 0.6) is 0 Å². The van der Waals surface area contributed by atoms with Crippen LogP contribution in [0.1, 0.15) is 18.9 Å². The predicted molar refractivity (Wildman–Crippen MR) is 74.8 cm³/mol. The minimum absolute atomic E-state index is 0.0894. The van der Waals surface area contributed by atoms with Gasteiger partial charge in [0.1, 0.15) is 0 Å². The largest absolute Gasteiger partial charge is 0.481 e. The van der Waals surface area contributed by atoms with E-state index in [0.29, 0.717) is 6.54 Å². The monoisotopic (exact) mass is 258 g/mol. The summed E-state index contributed by atoms with van der Waals surface area (Å²) in [6.45, 7) is 4.44. The first kappa shape index (κ1) is 14.1. The van der Waals surface area contributed by atoms with E-state index in [1.165, 1.54) is 5.56 Å². The highest BCUT2D eigenvalue weighted by molar-refractivity contribution is 6.05. The van der Waals surface area contributed by atoms with Crippen molar-refractivity contribution in [2.24, 2.45) is 0 Å². The summed E-state index contributed by atoms with van der Waals surface area (Å²) in [6.07, 6.45) is 0.0894. The van der Waals surface area contributed by atoms with Crippen molar-refractivity contribution in [1.29, 1.82) is 0 Å². The van der Waals surface area contributed by atoms with Crippen molar-refractivity contribution in [2.45, 2.75) is 32.0 Å². The van der Waals surface area contributed by atoms with Crippen molar-refractivity contribution in [3.8, 4) is 0 Å². The molecule has 0 amide bonds. The van der Waals surface area contributed by atoms with Crippen LogP contribution in [-0.2, 0) is 11.3 Å². The van der Waals surface area contributed by atoms with Crippen molar-refractivity contribution in [3.63, 3.8) is 0 Å². The Labute approximate surface area is 115 Å². The predicted octanol–water partition coefficient (Wildman–Crippen LogP) is 1.12. The molecule has 2 atom stereocenters. The first-order chi connectivity index (χ1) is 9.06. The van der Waals surface area contributed by atoms with E-state index >= 15 is 0 Å². The van der Waals surface area contributed by atoms with Crippen LogP contribution in [0.25, 0.3) is 0 Å². The molecule has 0 spiro atoms. The molecule has 4 nitrogen and oxygen atoms in total. The van der Waals surface area contributed by atoms with Gasteiger partial charge in [0.15, 0.2) is 7.98 Å². The van der Waals surface area contributed by atoms with Crippen LogP contribution in [0.3, 0.4) is 0 Å². The van der Waals surface area contributed by atoms with Crippen LogP contribution in [0, 0.1) is 0 Å². The van der Waals surface area contributed by atoms with Crippen LogP contribution in [-0.4, -0.2) is 53.9 Å². The number of piperazine rings is 1. The Hall–Kier alpha value is -1.33. The smallest absolute Gasteiger partial charge is 0.304 e. The number of carboxylic acids is 1. The van der Waals surface area contributed by atoms with Gasteiger partial charge >= 0.3 is 5.97 Å². The topological polar surface area (TPSA) is 43.8 Å². The van der Waals surface area contributed by atoms with E-state index in [1.54, 1.807) is 4.81 Å². The van der Waals surface area contributed by atoms with Gasteiger partial charge in [-0.25, -0.2) is 0 Å². The van der Waals surface area contributed by atoms with Gasteiger partial charge in [0.2, 0.25) is 0 Å². The summed E-state index contributed by atoms with van der Waals surface area (Å²) in [4.78, 5) is 14.8. The maximum atomic E-state index is 10.9. The van der Waals surface area contributed by atoms with Gasteiger partial charge in [-0.15, -0.1) is 0 Å². The highest BCUT2D eigenvalue weighted by atomic mass is 16.4. The summed E-state index contributed by atoms with van der Waals surface area (Å²) < 4.78 is 0. The van der Waals surface area contributed by atoms with Gasteiger partial charge in [0, 0.05) is 31.7 Å². The zero-order valence-electron chi connectivity index (χ0n) is 11.2. The summed E-state index contributed by atoms with van der Waals surface area (Å²) >= 11 is 0. The third kappa shape index (κ3) is 3.82. The van der Waals surface area contributed by atoms with E-state index in [4.69, 9.17) is 13.1 Å². The minimum Gasteiger partial charge on any atom is -0.481 e. The molecule has 1 aromatic carbocycles. The summed E-state index contributed by atoms with van der Waals surface area (Å²) in [6, 6.07) is 10.3. The van der Waals surface area contributed by atoms with Gasteiger partial charge in [0.25, 0.3) is 0 Å². The fraction of sp³-hybridized carbons (Fsp3) is 0.500. The highest BCUT2D eigenvalue weighted by Gasteiger charge is 2.30. The number of hydrogen-bond acceptors (Lipinski definition) is 3. The Balaban J connectivity index is 2.00. The van der Waals surface area contributed by atoms with Gasteiger partial charge in [-0.1, -0.05) is 30.3 Å². The first-order valence-electron chi connectivity index (χ1n) is 6.57. The molecule has 5 heteroatoms. The summed E-state index contributed by atoms with van der Waals surface area (Å²) in [5.74, 6) is -0.797. The Kier molecular flexibility index (Phi) is 4.61. The van der Waals surface area contributed by atoms with Crippen LogP contribution in [0.2, 0.25) is 0 Å². The maximum absolute atomic E-state index is 10.9. The maximum Gasteiger partial charge on any atom is 0.304 e. The second kappa shape index (κ2) is 6.22. The van der Waals surface area contributed by atoms with Gasteiger partial charge in [-0.3, -0.25) is 9.69 Å². The molecular weight excluding hydrogens is 239 g/mol. The Bertz CT molecular complexity index is 427. The molecule has 1 fully saturated rings. The molecular formula is C14H19BN2O2. The van der Waals surface area contributed by atoms with Crippen molar-refractivity contribution >= 4 is 14.0 Å². The Morgan fingerprint density at radius 2 is 2.05 bits per heavy atom. The lowest BCUT2D eigenvalue weighted by Crippen LogP contribution is -2.56. The summed E-state index contributed by atoms with van der Waals surface area (Å²) in [5.41, 5.74) is 1.24. The third-order valence-electron chi connectivity index (χ3n) is 3.58. The fourth-order valence-electron chi connectivity index (χ4n) is 2.64. The van der Waals surface area contributed by atoms with Gasteiger partial charge in [-0.2, -0.15) is 0 Å². The fourth-order valence-corrected chi connectivity index (χ4v) is 2.64. The molecule has 1 heterocycles. The number of carboxylic acid groups (broad SMARTS) is 1. The quantitative estimate of drug-likeness (QED) is 0.822. The van der Waals surface area contributed by atoms with Crippen LogP contribution in [0.4, 0.5) is 0 Å². The number of benzene rings is 1. The molecule has 0 aromatic heterocycles. The van der Waals surface area contributed by atoms with E-state index in [1.807, 2.05) is 25.1 Å². The number of rotatable bonds is 4. The Morgan fingerprint density at radius 1 is 1.37 bits per heavy atom. The highest BCUT2D eigenvalue weighted by Crippen LogP contribution is 2.18. The number of nitrogens with zero attached hydrogens (tertiary/aromatic N) is 2. The van der Waals surface area contributed by atoms with Crippen molar-refractivity contribution in [3.05, 3.63) is 35.9 Å². The molecule has 0 bridgehead atoms. The minimum atomic E-state index is -0.797. The van der Waals surface area contributed by atoms with Crippen LogP contribution in [0.15, 0.2) is 30.3 Å². The summed E-state index contributed by atoms with van der Waals surface area (Å²) in [5, 5.41) is 8.95. The summed E-state index contributed by atoms with van der Waals surface area (Å²) in [7, 11) is 5.97. The first-order valence-corrected chi connectivity index (χ1v) is 6.57. The standard InChI is InChI=1S/C14H19BN2O2/c1-11-8-16(9-12-5-3-2-4-6-12)10-13(17(11)15)7-14(18)19/h2-6,11,13H,7-10H2,1H3,(H,18,19). The average Bonchev–Trinajstić information content (AvgIpc) is 2.36. The molecule has 19 heavy (non-hydrogen) atoms. The average molecular weight is 258 g/mol. The van der Waals surface area contributed by atoms with Gasteiger partial charge in [-0.05, 0) is 12.5 Å². The van der Waals surface area contributed by atoms with Crippen molar-refractivity contribution < 1.29 is 9.90 Å². The molecule has 1 aromatic rings. The van der Waals surface area contributed by atoms with Crippen molar-refractivity contribution in [1.82, 2.24) is 9.71 Å². The molecule has 100 valence electrons. The molecule has 0 aliphatic carbocycles. The SMILES string of the molecule is [B]N1C(C)CN(Cc2ccccc2)CC1CC(=O)O. The second-order valence-corrected chi connectivity index (χ2v) is 5.23. The lowest BCUT2D eigenvalue weighted by molar-refractivity contribution is -0.138. The molecule has 1 saturated heterocycles.